The Hall–Kier alpha value is -1.18. The van der Waals surface area contributed by atoms with Crippen molar-refractivity contribution in [1.29, 1.82) is 0 Å². The van der Waals surface area contributed by atoms with Crippen molar-refractivity contribution in [2.45, 2.75) is 13.0 Å². The molecule has 1 aliphatic heterocycles. The second-order valence-corrected chi connectivity index (χ2v) is 6.24. The third-order valence-corrected chi connectivity index (χ3v) is 4.53. The lowest BCUT2D eigenvalue weighted by molar-refractivity contribution is -0.144. The van der Waals surface area contributed by atoms with Crippen LogP contribution in [0.25, 0.3) is 6.08 Å². The maximum Gasteiger partial charge on any atom is 0.326 e. The predicted octanol–water partition coefficient (Wildman–Crippen LogP) is 2.42. The summed E-state index contributed by atoms with van der Waals surface area (Å²) in [6, 6.07) is 2.83. The molecule has 1 fully saturated rings. The molecule has 0 saturated carbocycles. The fraction of sp³-hybridized carbons (Fsp3) is 0.182. The number of nitrogens with zero attached hydrogens (tertiary/aromatic N) is 1. The van der Waals surface area contributed by atoms with Gasteiger partial charge in [0.05, 0.1) is 4.91 Å². The molecule has 0 bridgehead atoms. The molecular formula is C11H9NO3S3. The number of rotatable bonds is 3. The molecule has 0 spiro atoms. The predicted molar refractivity (Wildman–Crippen MR) is 76.4 cm³/mol. The number of thiophene rings is 1. The Labute approximate surface area is 117 Å². The smallest absolute Gasteiger partial charge is 0.326 e. The summed E-state index contributed by atoms with van der Waals surface area (Å²) in [7, 11) is 0. The van der Waals surface area contributed by atoms with Gasteiger partial charge in [-0.2, -0.15) is 0 Å². The van der Waals surface area contributed by atoms with Gasteiger partial charge in [0.2, 0.25) is 0 Å². The highest BCUT2D eigenvalue weighted by Gasteiger charge is 2.38. The molecule has 1 aromatic rings. The molecule has 0 unspecified atom stereocenters. The van der Waals surface area contributed by atoms with E-state index in [-0.39, 0.29) is 10.2 Å². The lowest BCUT2D eigenvalue weighted by Crippen LogP contribution is -2.41. The van der Waals surface area contributed by atoms with Gasteiger partial charge in [0.1, 0.15) is 10.4 Å². The van der Waals surface area contributed by atoms with Crippen LogP contribution in [0.3, 0.4) is 0 Å². The first-order chi connectivity index (χ1) is 8.50. The Morgan fingerprint density at radius 1 is 1.61 bits per heavy atom. The second kappa shape index (κ2) is 5.21. The molecule has 2 rings (SSSR count). The van der Waals surface area contributed by atoms with E-state index in [0.717, 1.165) is 21.5 Å². The van der Waals surface area contributed by atoms with E-state index in [1.165, 1.54) is 18.3 Å². The SMILES string of the molecule is C[C@@H](C(=O)O)N1C(=O)C(=Cc2cccs2)SC1=S. The van der Waals surface area contributed by atoms with Gasteiger partial charge in [0.15, 0.2) is 0 Å². The molecule has 94 valence electrons. The van der Waals surface area contributed by atoms with Gasteiger partial charge in [-0.1, -0.05) is 30.0 Å². The molecule has 1 aliphatic rings. The number of carbonyl (C=O) groups excluding carboxylic acids is 1. The van der Waals surface area contributed by atoms with Gasteiger partial charge in [-0.05, 0) is 24.4 Å². The number of amides is 1. The summed E-state index contributed by atoms with van der Waals surface area (Å²) in [6.07, 6.45) is 1.73. The van der Waals surface area contributed by atoms with Gasteiger partial charge in [-0.25, -0.2) is 4.79 Å². The van der Waals surface area contributed by atoms with Crippen molar-refractivity contribution in [3.63, 3.8) is 0 Å². The van der Waals surface area contributed by atoms with Crippen LogP contribution in [0.15, 0.2) is 22.4 Å². The van der Waals surface area contributed by atoms with E-state index in [9.17, 15) is 9.59 Å². The molecule has 18 heavy (non-hydrogen) atoms. The topological polar surface area (TPSA) is 57.6 Å². The summed E-state index contributed by atoms with van der Waals surface area (Å²) < 4.78 is 0.290. The van der Waals surface area contributed by atoms with Crippen LogP contribution >= 0.6 is 35.3 Å². The summed E-state index contributed by atoms with van der Waals surface area (Å²) in [5, 5.41) is 10.8. The molecule has 1 aromatic heterocycles. The van der Waals surface area contributed by atoms with Crippen LogP contribution in [-0.4, -0.2) is 32.2 Å². The third kappa shape index (κ3) is 2.47. The van der Waals surface area contributed by atoms with E-state index in [1.807, 2.05) is 17.5 Å². The van der Waals surface area contributed by atoms with Crippen LogP contribution in [0.5, 0.6) is 0 Å². The summed E-state index contributed by atoms with van der Waals surface area (Å²) in [5.74, 6) is -1.41. The van der Waals surface area contributed by atoms with Crippen molar-refractivity contribution in [2.24, 2.45) is 0 Å². The van der Waals surface area contributed by atoms with Crippen molar-refractivity contribution in [1.82, 2.24) is 4.90 Å². The second-order valence-electron chi connectivity index (χ2n) is 3.58. The number of aliphatic carboxylic acids is 1. The van der Waals surface area contributed by atoms with Crippen molar-refractivity contribution in [3.05, 3.63) is 27.3 Å². The van der Waals surface area contributed by atoms with Crippen LogP contribution in [0.1, 0.15) is 11.8 Å². The molecular weight excluding hydrogens is 290 g/mol. The lowest BCUT2D eigenvalue weighted by Gasteiger charge is -2.18. The standard InChI is InChI=1S/C11H9NO3S3/c1-6(10(14)15)12-9(13)8(18-11(12)16)5-7-3-2-4-17-7/h2-6H,1H3,(H,14,15)/t6-/m0/s1. The molecule has 4 nitrogen and oxygen atoms in total. The average molecular weight is 299 g/mol. The van der Waals surface area contributed by atoms with Gasteiger partial charge in [0.25, 0.3) is 5.91 Å². The van der Waals surface area contributed by atoms with Crippen LogP contribution in [-0.2, 0) is 9.59 Å². The van der Waals surface area contributed by atoms with Gasteiger partial charge >= 0.3 is 5.97 Å². The van der Waals surface area contributed by atoms with E-state index in [0.29, 0.717) is 4.91 Å². The first-order valence-electron chi connectivity index (χ1n) is 5.04. The fourth-order valence-corrected chi connectivity index (χ4v) is 3.57. The highest BCUT2D eigenvalue weighted by atomic mass is 32.2. The zero-order valence-electron chi connectivity index (χ0n) is 9.32. The molecule has 1 saturated heterocycles. The van der Waals surface area contributed by atoms with Crippen LogP contribution in [0, 0.1) is 0 Å². The largest absolute Gasteiger partial charge is 0.480 e. The van der Waals surface area contributed by atoms with E-state index < -0.39 is 12.0 Å². The summed E-state index contributed by atoms with van der Waals surface area (Å²) >= 11 is 7.70. The highest BCUT2D eigenvalue weighted by molar-refractivity contribution is 8.26. The maximum absolute atomic E-state index is 12.1. The third-order valence-electron chi connectivity index (χ3n) is 2.38. The monoisotopic (exact) mass is 299 g/mol. The summed E-state index contributed by atoms with van der Waals surface area (Å²) in [6.45, 7) is 1.45. The molecule has 1 atom stereocenters. The Morgan fingerprint density at radius 2 is 2.33 bits per heavy atom. The van der Waals surface area contributed by atoms with Crippen LogP contribution in [0.4, 0.5) is 0 Å². The summed E-state index contributed by atoms with van der Waals surface area (Å²) in [5.41, 5.74) is 0. The Bertz CT molecular complexity index is 536. The Kier molecular flexibility index (Phi) is 3.84. The number of carboxylic acids is 1. The molecule has 2 heterocycles. The van der Waals surface area contributed by atoms with Crippen LogP contribution in [0.2, 0.25) is 0 Å². The van der Waals surface area contributed by atoms with Gasteiger partial charge in [-0.15, -0.1) is 11.3 Å². The van der Waals surface area contributed by atoms with Crippen molar-refractivity contribution >= 4 is 57.6 Å². The molecule has 7 heteroatoms. The number of hydrogen-bond donors (Lipinski definition) is 1. The Balaban J connectivity index is 2.27. The van der Waals surface area contributed by atoms with E-state index in [2.05, 4.69) is 0 Å². The quantitative estimate of drug-likeness (QED) is 0.686. The zero-order valence-corrected chi connectivity index (χ0v) is 11.8. The van der Waals surface area contributed by atoms with Gasteiger partial charge in [0, 0.05) is 4.88 Å². The average Bonchev–Trinajstić information content (AvgIpc) is 2.88. The van der Waals surface area contributed by atoms with Crippen molar-refractivity contribution < 1.29 is 14.7 Å². The normalized spacial score (nSPS) is 19.6. The van der Waals surface area contributed by atoms with Crippen molar-refractivity contribution in [2.75, 3.05) is 0 Å². The fourth-order valence-electron chi connectivity index (χ4n) is 1.43. The molecule has 0 aliphatic carbocycles. The lowest BCUT2D eigenvalue weighted by atomic mass is 10.3. The first-order valence-corrected chi connectivity index (χ1v) is 7.14. The van der Waals surface area contributed by atoms with E-state index >= 15 is 0 Å². The molecule has 0 radical (unpaired) electrons. The minimum absolute atomic E-state index is 0.290. The molecule has 1 N–H and O–H groups in total. The van der Waals surface area contributed by atoms with Crippen LogP contribution < -0.4 is 0 Å². The van der Waals surface area contributed by atoms with E-state index in [4.69, 9.17) is 17.3 Å². The number of thiocarbonyl (C=S) groups is 1. The maximum atomic E-state index is 12.1. The zero-order chi connectivity index (χ0) is 13.3. The number of thioether (sulfide) groups is 1. The van der Waals surface area contributed by atoms with Crippen molar-refractivity contribution in [3.8, 4) is 0 Å². The number of carbonyl (C=O) groups is 2. The van der Waals surface area contributed by atoms with E-state index in [1.54, 1.807) is 6.08 Å². The number of carboxylic acid groups (broad SMARTS) is 1. The number of hydrogen-bond acceptors (Lipinski definition) is 5. The van der Waals surface area contributed by atoms with Gasteiger partial charge in [-0.3, -0.25) is 9.69 Å². The first kappa shape index (κ1) is 13.3. The minimum atomic E-state index is -1.07. The van der Waals surface area contributed by atoms with Gasteiger partial charge < -0.3 is 5.11 Å². The Morgan fingerprint density at radius 3 is 2.89 bits per heavy atom. The molecule has 1 amide bonds. The molecule has 0 aromatic carbocycles. The minimum Gasteiger partial charge on any atom is -0.480 e. The summed E-state index contributed by atoms with van der Waals surface area (Å²) in [4.78, 5) is 25.6. The highest BCUT2D eigenvalue weighted by Crippen LogP contribution is 2.34.